The minimum absolute atomic E-state index is 0.0118. The van der Waals surface area contributed by atoms with Gasteiger partial charge < -0.3 is 9.84 Å². The molecule has 21 heavy (non-hydrogen) atoms. The van der Waals surface area contributed by atoms with E-state index < -0.39 is 29.2 Å². The summed E-state index contributed by atoms with van der Waals surface area (Å²) in [6.07, 6.45) is 0.152. The van der Waals surface area contributed by atoms with E-state index in [0.29, 0.717) is 0 Å². The molecule has 1 aromatic carbocycles. The van der Waals surface area contributed by atoms with Crippen LogP contribution in [0.4, 0.5) is 0 Å². The molecule has 0 aliphatic carbocycles. The van der Waals surface area contributed by atoms with Crippen LogP contribution >= 0.6 is 0 Å². The molecule has 2 amide bonds. The van der Waals surface area contributed by atoms with Gasteiger partial charge in [-0.25, -0.2) is 4.79 Å². The first kappa shape index (κ1) is 13.8. The number of likely N-dealkylation sites (tertiary alicyclic amines) is 1. The second kappa shape index (κ2) is 4.96. The molecule has 2 saturated heterocycles. The minimum atomic E-state index is -1.54. The van der Waals surface area contributed by atoms with Crippen LogP contribution in [0.2, 0.25) is 0 Å². The zero-order chi connectivity index (χ0) is 15.0. The van der Waals surface area contributed by atoms with Crippen LogP contribution < -0.4 is 0 Å². The second-order valence-corrected chi connectivity index (χ2v) is 5.37. The van der Waals surface area contributed by atoms with Gasteiger partial charge in [0.05, 0.1) is 12.5 Å². The lowest BCUT2D eigenvalue weighted by Gasteiger charge is -2.31. The molecule has 2 aliphatic rings. The zero-order valence-electron chi connectivity index (χ0n) is 11.3. The van der Waals surface area contributed by atoms with Gasteiger partial charge in [0.25, 0.3) is 0 Å². The van der Waals surface area contributed by atoms with Crippen LogP contribution in [0.5, 0.6) is 0 Å². The summed E-state index contributed by atoms with van der Waals surface area (Å²) in [6, 6.07) is 8.96. The van der Waals surface area contributed by atoms with Gasteiger partial charge in [0.15, 0.2) is 5.54 Å². The van der Waals surface area contributed by atoms with Crippen molar-refractivity contribution < 1.29 is 24.2 Å². The number of rotatable bonds is 3. The molecule has 1 N–H and O–H groups in total. The van der Waals surface area contributed by atoms with Gasteiger partial charge in [-0.05, 0) is 5.56 Å². The monoisotopic (exact) mass is 289 g/mol. The topological polar surface area (TPSA) is 83.9 Å². The number of amides is 2. The maximum atomic E-state index is 12.6. The van der Waals surface area contributed by atoms with Gasteiger partial charge >= 0.3 is 5.97 Å². The molecule has 2 unspecified atom stereocenters. The Hall–Kier alpha value is -2.21. The second-order valence-electron chi connectivity index (χ2n) is 5.37. The predicted octanol–water partition coefficient (Wildman–Crippen LogP) is 0.773. The fourth-order valence-corrected chi connectivity index (χ4v) is 3.02. The Morgan fingerprint density at radius 1 is 1.29 bits per heavy atom. The molecule has 0 saturated carbocycles. The summed E-state index contributed by atoms with van der Waals surface area (Å²) >= 11 is 0. The van der Waals surface area contributed by atoms with Crippen molar-refractivity contribution in [2.24, 2.45) is 0 Å². The van der Waals surface area contributed by atoms with Gasteiger partial charge in [-0.15, -0.1) is 0 Å². The average molecular weight is 289 g/mol. The van der Waals surface area contributed by atoms with Crippen molar-refractivity contribution in [1.82, 2.24) is 4.90 Å². The van der Waals surface area contributed by atoms with Crippen LogP contribution in [0.25, 0.3) is 0 Å². The van der Waals surface area contributed by atoms with Gasteiger partial charge in [0.2, 0.25) is 11.8 Å². The van der Waals surface area contributed by atoms with E-state index >= 15 is 0 Å². The quantitative estimate of drug-likeness (QED) is 0.831. The predicted molar refractivity (Wildman–Crippen MR) is 71.5 cm³/mol. The zero-order valence-corrected chi connectivity index (χ0v) is 11.3. The standard InChI is InChI=1S/C15H15NO5/c17-12-8-11(10-4-2-1-3-5-10)13(18)16(12)15(14(19)20)6-7-21-9-15/h1-5,11H,6-9H2,(H,19,20). The third kappa shape index (κ3) is 2.03. The van der Waals surface area contributed by atoms with E-state index in [4.69, 9.17) is 4.74 Å². The molecular formula is C15H15NO5. The Balaban J connectivity index is 1.96. The van der Waals surface area contributed by atoms with Gasteiger partial charge in [0.1, 0.15) is 0 Å². The Labute approximate surface area is 121 Å². The van der Waals surface area contributed by atoms with Crippen molar-refractivity contribution in [3.8, 4) is 0 Å². The number of imide groups is 1. The summed E-state index contributed by atoms with van der Waals surface area (Å²) in [5, 5.41) is 9.49. The first-order valence-corrected chi connectivity index (χ1v) is 6.79. The highest BCUT2D eigenvalue weighted by Crippen LogP contribution is 2.37. The minimum Gasteiger partial charge on any atom is -0.479 e. The van der Waals surface area contributed by atoms with Crippen molar-refractivity contribution in [3.63, 3.8) is 0 Å². The van der Waals surface area contributed by atoms with Crippen LogP contribution in [-0.4, -0.2) is 46.5 Å². The van der Waals surface area contributed by atoms with Crippen LogP contribution in [0.3, 0.4) is 0 Å². The molecule has 2 aliphatic heterocycles. The molecule has 6 heteroatoms. The fraction of sp³-hybridized carbons (Fsp3) is 0.400. The molecule has 0 spiro atoms. The number of carboxylic acids is 1. The molecule has 6 nitrogen and oxygen atoms in total. The molecule has 1 aromatic rings. The molecule has 3 rings (SSSR count). The van der Waals surface area contributed by atoms with Crippen molar-refractivity contribution in [2.45, 2.75) is 24.3 Å². The molecule has 110 valence electrons. The largest absolute Gasteiger partial charge is 0.479 e. The SMILES string of the molecule is O=C1CC(c2ccccc2)C(=O)N1C1(C(=O)O)CCOC1. The third-order valence-electron chi connectivity index (χ3n) is 4.18. The van der Waals surface area contributed by atoms with E-state index in [1.165, 1.54) is 0 Å². The summed E-state index contributed by atoms with van der Waals surface area (Å²) in [5.74, 6) is -2.67. The molecule has 0 aromatic heterocycles. The van der Waals surface area contributed by atoms with Crippen LogP contribution in [0.15, 0.2) is 30.3 Å². The van der Waals surface area contributed by atoms with Gasteiger partial charge in [-0.3, -0.25) is 14.5 Å². The Bertz CT molecular complexity index is 591. The number of hydrogen-bond acceptors (Lipinski definition) is 4. The summed E-state index contributed by atoms with van der Waals surface area (Å²) in [7, 11) is 0. The highest BCUT2D eigenvalue weighted by atomic mass is 16.5. The van der Waals surface area contributed by atoms with Crippen LogP contribution in [-0.2, 0) is 19.1 Å². The van der Waals surface area contributed by atoms with Crippen molar-refractivity contribution in [3.05, 3.63) is 35.9 Å². The highest BCUT2D eigenvalue weighted by Gasteiger charge is 2.57. The fourth-order valence-electron chi connectivity index (χ4n) is 3.02. The van der Waals surface area contributed by atoms with Crippen LogP contribution in [0.1, 0.15) is 24.3 Å². The maximum Gasteiger partial charge on any atom is 0.332 e. The number of hydrogen-bond donors (Lipinski definition) is 1. The molecule has 2 heterocycles. The van der Waals surface area contributed by atoms with Gasteiger partial charge in [-0.2, -0.15) is 0 Å². The van der Waals surface area contributed by atoms with E-state index in [2.05, 4.69) is 0 Å². The van der Waals surface area contributed by atoms with Crippen molar-refractivity contribution >= 4 is 17.8 Å². The summed E-state index contributed by atoms with van der Waals surface area (Å²) in [4.78, 5) is 37.4. The number of aliphatic carboxylic acids is 1. The first-order chi connectivity index (χ1) is 10.1. The van der Waals surface area contributed by atoms with Crippen molar-refractivity contribution in [2.75, 3.05) is 13.2 Å². The Kier molecular flexibility index (Phi) is 3.25. The molecule has 0 bridgehead atoms. The lowest BCUT2D eigenvalue weighted by molar-refractivity contribution is -0.163. The average Bonchev–Trinajstić information content (AvgIpc) is 3.06. The number of nitrogens with zero attached hydrogens (tertiary/aromatic N) is 1. The number of carbonyl (C=O) groups excluding carboxylic acids is 2. The molecular weight excluding hydrogens is 274 g/mol. The van der Waals surface area contributed by atoms with Gasteiger partial charge in [0, 0.05) is 19.4 Å². The van der Waals surface area contributed by atoms with Gasteiger partial charge in [-0.1, -0.05) is 30.3 Å². The number of benzene rings is 1. The molecule has 0 radical (unpaired) electrons. The van der Waals surface area contributed by atoms with Crippen molar-refractivity contribution in [1.29, 1.82) is 0 Å². The van der Waals surface area contributed by atoms with E-state index in [0.717, 1.165) is 10.5 Å². The number of carbonyl (C=O) groups is 3. The maximum absolute atomic E-state index is 12.6. The Morgan fingerprint density at radius 3 is 2.57 bits per heavy atom. The van der Waals surface area contributed by atoms with E-state index in [1.807, 2.05) is 6.07 Å². The smallest absolute Gasteiger partial charge is 0.332 e. The third-order valence-corrected chi connectivity index (χ3v) is 4.18. The van der Waals surface area contributed by atoms with E-state index in [9.17, 15) is 19.5 Å². The van der Waals surface area contributed by atoms with E-state index in [-0.39, 0.29) is 26.1 Å². The first-order valence-electron chi connectivity index (χ1n) is 6.79. The summed E-state index contributed by atoms with van der Waals surface area (Å²) < 4.78 is 5.14. The summed E-state index contributed by atoms with van der Waals surface area (Å²) in [5.41, 5.74) is -0.810. The normalized spacial score (nSPS) is 29.1. The van der Waals surface area contributed by atoms with Crippen LogP contribution in [0, 0.1) is 0 Å². The van der Waals surface area contributed by atoms with E-state index in [1.54, 1.807) is 24.3 Å². The lowest BCUT2D eigenvalue weighted by Crippen LogP contribution is -2.57. The Morgan fingerprint density at radius 2 is 2.00 bits per heavy atom. The summed E-state index contributed by atoms with van der Waals surface area (Å²) in [6.45, 7) is 0.0979. The lowest BCUT2D eigenvalue weighted by atomic mass is 9.95. The molecule has 2 fully saturated rings. The number of ether oxygens (including phenoxy) is 1. The number of carboxylic acid groups (broad SMARTS) is 1. The highest BCUT2D eigenvalue weighted by molar-refractivity contribution is 6.09. The molecule has 2 atom stereocenters.